The molecule has 0 saturated carbocycles. The number of aliphatic hydroxyl groups is 1. The normalized spacial score (nSPS) is 11.3. The smallest absolute Gasteiger partial charge is 0.0998 e. The average molecular weight is 268 g/mol. The molecule has 104 valence electrons. The van der Waals surface area contributed by atoms with Gasteiger partial charge in [-0.3, -0.25) is 0 Å². The van der Waals surface area contributed by atoms with Crippen LogP contribution >= 0.6 is 0 Å². The number of hydrogen-bond donors (Lipinski definition) is 2. The van der Waals surface area contributed by atoms with Gasteiger partial charge < -0.3 is 10.4 Å². The molecular formula is C17H20N2O. The Labute approximate surface area is 119 Å². The van der Waals surface area contributed by atoms with Crippen LogP contribution in [0.25, 0.3) is 10.8 Å². The van der Waals surface area contributed by atoms with Gasteiger partial charge in [-0.05, 0) is 24.0 Å². The number of rotatable bonds is 5. The van der Waals surface area contributed by atoms with Crippen LogP contribution in [0.2, 0.25) is 0 Å². The quantitative estimate of drug-likeness (QED) is 0.872. The third-order valence-corrected chi connectivity index (χ3v) is 3.59. The lowest BCUT2D eigenvalue weighted by molar-refractivity contribution is 0.220. The van der Waals surface area contributed by atoms with E-state index in [-0.39, 0.29) is 12.0 Å². The third-order valence-electron chi connectivity index (χ3n) is 3.59. The van der Waals surface area contributed by atoms with Crippen molar-refractivity contribution in [2.24, 2.45) is 5.41 Å². The number of benzene rings is 2. The molecule has 0 aliphatic rings. The van der Waals surface area contributed by atoms with Gasteiger partial charge in [0.15, 0.2) is 0 Å². The van der Waals surface area contributed by atoms with Crippen LogP contribution < -0.4 is 5.32 Å². The fourth-order valence-corrected chi connectivity index (χ4v) is 2.28. The van der Waals surface area contributed by atoms with Gasteiger partial charge >= 0.3 is 0 Å². The monoisotopic (exact) mass is 268 g/mol. The van der Waals surface area contributed by atoms with Gasteiger partial charge in [0.2, 0.25) is 0 Å². The lowest BCUT2D eigenvalue weighted by Crippen LogP contribution is -2.24. The Morgan fingerprint density at radius 2 is 1.85 bits per heavy atom. The Hall–Kier alpha value is -2.05. The van der Waals surface area contributed by atoms with Gasteiger partial charge in [-0.15, -0.1) is 0 Å². The standard InChI is InChI=1S/C17H20N2O/c1-17(2,9-10-20)12-19-16-8-7-13(11-18)14-5-3-4-6-15(14)16/h3-8,19-20H,9-10,12H2,1-2H3. The van der Waals surface area contributed by atoms with Gasteiger partial charge in [-0.1, -0.05) is 38.1 Å². The van der Waals surface area contributed by atoms with Crippen LogP contribution in [0.3, 0.4) is 0 Å². The molecule has 0 aliphatic carbocycles. The first-order valence-corrected chi connectivity index (χ1v) is 6.84. The molecule has 2 aromatic carbocycles. The summed E-state index contributed by atoms with van der Waals surface area (Å²) < 4.78 is 0. The zero-order valence-electron chi connectivity index (χ0n) is 12.0. The summed E-state index contributed by atoms with van der Waals surface area (Å²) in [5.41, 5.74) is 1.76. The first-order valence-electron chi connectivity index (χ1n) is 6.84. The zero-order chi connectivity index (χ0) is 14.6. The molecule has 0 amide bonds. The van der Waals surface area contributed by atoms with Crippen LogP contribution in [0.5, 0.6) is 0 Å². The highest BCUT2D eigenvalue weighted by Gasteiger charge is 2.17. The van der Waals surface area contributed by atoms with Gasteiger partial charge in [0, 0.05) is 29.6 Å². The van der Waals surface area contributed by atoms with E-state index in [0.717, 1.165) is 29.4 Å². The van der Waals surface area contributed by atoms with E-state index in [1.165, 1.54) is 0 Å². The number of hydrogen-bond acceptors (Lipinski definition) is 3. The van der Waals surface area contributed by atoms with Crippen molar-refractivity contribution in [3.05, 3.63) is 42.0 Å². The van der Waals surface area contributed by atoms with Crippen molar-refractivity contribution in [1.82, 2.24) is 0 Å². The summed E-state index contributed by atoms with van der Waals surface area (Å²) in [5, 5.41) is 23.7. The maximum absolute atomic E-state index is 9.16. The summed E-state index contributed by atoms with van der Waals surface area (Å²) in [6, 6.07) is 14.0. The molecule has 0 saturated heterocycles. The van der Waals surface area contributed by atoms with Crippen LogP contribution in [0.1, 0.15) is 25.8 Å². The zero-order valence-corrected chi connectivity index (χ0v) is 12.0. The molecule has 3 heteroatoms. The fourth-order valence-electron chi connectivity index (χ4n) is 2.28. The van der Waals surface area contributed by atoms with Crippen LogP contribution in [0, 0.1) is 16.7 Å². The number of anilines is 1. The van der Waals surface area contributed by atoms with E-state index in [0.29, 0.717) is 5.56 Å². The Balaban J connectivity index is 2.30. The second-order valence-electron chi connectivity index (χ2n) is 5.81. The summed E-state index contributed by atoms with van der Waals surface area (Å²) in [6.07, 6.45) is 0.758. The summed E-state index contributed by atoms with van der Waals surface area (Å²) in [7, 11) is 0. The molecule has 0 unspecified atom stereocenters. The van der Waals surface area contributed by atoms with Crippen LogP contribution in [0.15, 0.2) is 36.4 Å². The van der Waals surface area contributed by atoms with Crippen molar-refractivity contribution < 1.29 is 5.11 Å². The lowest BCUT2D eigenvalue weighted by atomic mass is 9.89. The van der Waals surface area contributed by atoms with Crippen LogP contribution in [-0.2, 0) is 0 Å². The number of nitriles is 1. The molecule has 2 N–H and O–H groups in total. The summed E-state index contributed by atoms with van der Waals surface area (Å²) in [5.74, 6) is 0. The van der Waals surface area contributed by atoms with Crippen molar-refractivity contribution >= 4 is 16.5 Å². The predicted molar refractivity (Wildman–Crippen MR) is 82.6 cm³/mol. The van der Waals surface area contributed by atoms with E-state index >= 15 is 0 Å². The molecule has 2 aromatic rings. The first-order chi connectivity index (χ1) is 9.57. The van der Waals surface area contributed by atoms with E-state index in [2.05, 4.69) is 25.2 Å². The molecule has 0 spiro atoms. The van der Waals surface area contributed by atoms with E-state index in [1.54, 1.807) is 0 Å². The van der Waals surface area contributed by atoms with E-state index in [4.69, 9.17) is 10.4 Å². The van der Waals surface area contributed by atoms with Gasteiger partial charge in [0.05, 0.1) is 11.6 Å². The summed E-state index contributed by atoms with van der Waals surface area (Å²) >= 11 is 0. The molecular weight excluding hydrogens is 248 g/mol. The van der Waals surface area contributed by atoms with E-state index in [9.17, 15) is 0 Å². The van der Waals surface area contributed by atoms with E-state index in [1.807, 2.05) is 36.4 Å². The minimum Gasteiger partial charge on any atom is -0.396 e. The minimum absolute atomic E-state index is 0.0315. The first kappa shape index (κ1) is 14.4. The third kappa shape index (κ3) is 3.09. The maximum atomic E-state index is 9.16. The van der Waals surface area contributed by atoms with Gasteiger partial charge in [-0.25, -0.2) is 0 Å². The van der Waals surface area contributed by atoms with Gasteiger partial charge in [0.1, 0.15) is 0 Å². The number of fused-ring (bicyclic) bond motifs is 1. The number of aliphatic hydroxyl groups excluding tert-OH is 1. The summed E-state index contributed by atoms with van der Waals surface area (Å²) in [6.45, 7) is 5.23. The SMILES string of the molecule is CC(C)(CCO)CNc1ccc(C#N)c2ccccc12. The van der Waals surface area contributed by atoms with Crippen molar-refractivity contribution in [2.45, 2.75) is 20.3 Å². The molecule has 0 radical (unpaired) electrons. The summed E-state index contributed by atoms with van der Waals surface area (Å²) in [4.78, 5) is 0. The lowest BCUT2D eigenvalue weighted by Gasteiger charge is -2.25. The molecule has 0 aliphatic heterocycles. The van der Waals surface area contributed by atoms with Crippen LogP contribution in [-0.4, -0.2) is 18.3 Å². The van der Waals surface area contributed by atoms with Gasteiger partial charge in [0.25, 0.3) is 0 Å². The van der Waals surface area contributed by atoms with Crippen molar-refractivity contribution in [1.29, 1.82) is 5.26 Å². The predicted octanol–water partition coefficient (Wildman–Crippen LogP) is 3.53. The highest BCUT2D eigenvalue weighted by atomic mass is 16.3. The second-order valence-corrected chi connectivity index (χ2v) is 5.81. The largest absolute Gasteiger partial charge is 0.396 e. The van der Waals surface area contributed by atoms with Crippen molar-refractivity contribution in [2.75, 3.05) is 18.5 Å². The Bertz CT molecular complexity index is 641. The van der Waals surface area contributed by atoms with Crippen molar-refractivity contribution in [3.63, 3.8) is 0 Å². The van der Waals surface area contributed by atoms with Gasteiger partial charge in [-0.2, -0.15) is 5.26 Å². The van der Waals surface area contributed by atoms with E-state index < -0.39 is 0 Å². The molecule has 0 fully saturated rings. The Kier molecular flexibility index (Phi) is 4.26. The molecule has 0 bridgehead atoms. The fraction of sp³-hybridized carbons (Fsp3) is 0.353. The topological polar surface area (TPSA) is 56.0 Å². The number of nitrogens with zero attached hydrogens (tertiary/aromatic N) is 1. The second kappa shape index (κ2) is 5.94. The number of nitrogens with one attached hydrogen (secondary N) is 1. The molecule has 3 nitrogen and oxygen atoms in total. The molecule has 2 rings (SSSR count). The molecule has 0 aromatic heterocycles. The highest BCUT2D eigenvalue weighted by molar-refractivity contribution is 5.97. The highest BCUT2D eigenvalue weighted by Crippen LogP contribution is 2.28. The van der Waals surface area contributed by atoms with Crippen LogP contribution in [0.4, 0.5) is 5.69 Å². The minimum atomic E-state index is 0.0315. The molecule has 0 heterocycles. The Morgan fingerprint density at radius 3 is 2.50 bits per heavy atom. The average Bonchev–Trinajstić information content (AvgIpc) is 2.44. The molecule has 0 atom stereocenters. The maximum Gasteiger partial charge on any atom is 0.0998 e. The Morgan fingerprint density at radius 1 is 1.15 bits per heavy atom. The molecule has 20 heavy (non-hydrogen) atoms. The van der Waals surface area contributed by atoms with Crippen molar-refractivity contribution in [3.8, 4) is 6.07 Å².